The molecule has 0 unspecified atom stereocenters. The average Bonchev–Trinajstić information content (AvgIpc) is 1.87. The summed E-state index contributed by atoms with van der Waals surface area (Å²) in [5.41, 5.74) is -0.476. The van der Waals surface area contributed by atoms with E-state index in [4.69, 9.17) is 4.74 Å². The summed E-state index contributed by atoms with van der Waals surface area (Å²) in [7, 11) is 0. The molecule has 58 valence electrons. The minimum Gasteiger partial charge on any atom is -0.365 e. The summed E-state index contributed by atoms with van der Waals surface area (Å²) < 4.78 is 5.33. The predicted molar refractivity (Wildman–Crippen MR) is 37.9 cm³/mol. The lowest BCUT2D eigenvalue weighted by atomic mass is 9.99. The highest BCUT2D eigenvalue weighted by molar-refractivity contribution is 5.65. The van der Waals surface area contributed by atoms with Gasteiger partial charge >= 0.3 is 0 Å². The van der Waals surface area contributed by atoms with Gasteiger partial charge in [0.05, 0.1) is 0 Å². The summed E-state index contributed by atoms with van der Waals surface area (Å²) >= 11 is 0. The number of carbonyl (C=O) groups excluding carboxylic acids is 1. The van der Waals surface area contributed by atoms with Crippen molar-refractivity contribution in [3.8, 4) is 0 Å². The molecule has 0 amide bonds. The van der Waals surface area contributed by atoms with Crippen molar-refractivity contribution in [2.24, 2.45) is 0 Å². The number of carbonyl (C=O) groups is 1. The maximum atomic E-state index is 10.4. The van der Waals surface area contributed by atoms with E-state index in [2.05, 4.69) is 5.32 Å². The Morgan fingerprint density at radius 2 is 2.40 bits per heavy atom. The Balaban J connectivity index is 2.26. The largest absolute Gasteiger partial charge is 0.365 e. The second-order valence-electron chi connectivity index (χ2n) is 2.63. The molecule has 3 nitrogen and oxygen atoms in total. The van der Waals surface area contributed by atoms with Gasteiger partial charge in [-0.3, -0.25) is 0 Å². The number of rotatable bonds is 4. The molecule has 1 aliphatic rings. The van der Waals surface area contributed by atoms with Gasteiger partial charge in [-0.2, -0.15) is 0 Å². The predicted octanol–water partition coefficient (Wildman–Crippen LogP) is -0.0461. The van der Waals surface area contributed by atoms with Gasteiger partial charge < -0.3 is 14.8 Å². The minimum atomic E-state index is -0.476. The van der Waals surface area contributed by atoms with Gasteiger partial charge in [-0.05, 0) is 6.42 Å². The van der Waals surface area contributed by atoms with Crippen LogP contribution in [0.2, 0.25) is 0 Å². The molecule has 1 N–H and O–H groups in total. The van der Waals surface area contributed by atoms with Crippen LogP contribution in [0.4, 0.5) is 0 Å². The summed E-state index contributed by atoms with van der Waals surface area (Å²) in [6.45, 7) is 4.07. The smallest absolute Gasteiger partial charge is 0.154 e. The SMILES string of the molecule is CCCOC1(C=O)CNC1. The average molecular weight is 143 g/mol. The molecule has 0 aromatic heterocycles. The Kier molecular flexibility index (Phi) is 2.40. The van der Waals surface area contributed by atoms with E-state index in [0.29, 0.717) is 19.7 Å². The monoisotopic (exact) mass is 143 g/mol. The van der Waals surface area contributed by atoms with Crippen LogP contribution in [0.25, 0.3) is 0 Å². The van der Waals surface area contributed by atoms with Crippen LogP contribution in [-0.2, 0) is 9.53 Å². The molecule has 1 heterocycles. The first-order chi connectivity index (χ1) is 4.83. The molecule has 0 atom stereocenters. The zero-order valence-corrected chi connectivity index (χ0v) is 6.22. The van der Waals surface area contributed by atoms with Gasteiger partial charge in [0, 0.05) is 19.7 Å². The molecule has 0 radical (unpaired) electrons. The fourth-order valence-corrected chi connectivity index (χ4v) is 0.896. The summed E-state index contributed by atoms with van der Waals surface area (Å²) in [5.74, 6) is 0. The first-order valence-corrected chi connectivity index (χ1v) is 3.64. The van der Waals surface area contributed by atoms with Crippen molar-refractivity contribution in [3.05, 3.63) is 0 Å². The number of aldehydes is 1. The maximum absolute atomic E-state index is 10.4. The summed E-state index contributed by atoms with van der Waals surface area (Å²) in [5, 5.41) is 3.01. The van der Waals surface area contributed by atoms with Crippen molar-refractivity contribution in [1.82, 2.24) is 5.32 Å². The lowest BCUT2D eigenvalue weighted by Crippen LogP contribution is -2.62. The Hall–Kier alpha value is -0.410. The van der Waals surface area contributed by atoms with E-state index in [9.17, 15) is 4.79 Å². The Morgan fingerprint density at radius 3 is 2.70 bits per heavy atom. The third-order valence-electron chi connectivity index (χ3n) is 1.66. The van der Waals surface area contributed by atoms with E-state index in [1.807, 2.05) is 6.92 Å². The Morgan fingerprint density at radius 1 is 1.70 bits per heavy atom. The van der Waals surface area contributed by atoms with Crippen LogP contribution >= 0.6 is 0 Å². The molecule has 1 fully saturated rings. The molecule has 3 heteroatoms. The fourth-order valence-electron chi connectivity index (χ4n) is 0.896. The molecule has 0 bridgehead atoms. The zero-order chi connectivity index (χ0) is 7.45. The van der Waals surface area contributed by atoms with Gasteiger partial charge in [-0.1, -0.05) is 6.92 Å². The second-order valence-corrected chi connectivity index (χ2v) is 2.63. The standard InChI is InChI=1S/C7H13NO2/c1-2-3-10-7(6-9)4-8-5-7/h6,8H,2-5H2,1H3. The molecule has 10 heavy (non-hydrogen) atoms. The van der Waals surface area contributed by atoms with E-state index < -0.39 is 5.60 Å². The van der Waals surface area contributed by atoms with Crippen molar-refractivity contribution >= 4 is 6.29 Å². The molecule has 1 aliphatic heterocycles. The summed E-state index contributed by atoms with van der Waals surface area (Å²) in [4.78, 5) is 10.4. The second kappa shape index (κ2) is 3.12. The third-order valence-corrected chi connectivity index (χ3v) is 1.66. The van der Waals surface area contributed by atoms with Crippen LogP contribution in [0.3, 0.4) is 0 Å². The van der Waals surface area contributed by atoms with E-state index in [1.54, 1.807) is 0 Å². The van der Waals surface area contributed by atoms with Crippen LogP contribution in [0.1, 0.15) is 13.3 Å². The number of ether oxygens (including phenoxy) is 1. The third kappa shape index (κ3) is 1.36. The molecule has 1 rings (SSSR count). The van der Waals surface area contributed by atoms with Crippen LogP contribution in [0.5, 0.6) is 0 Å². The van der Waals surface area contributed by atoms with Crippen molar-refractivity contribution < 1.29 is 9.53 Å². The number of hydrogen-bond donors (Lipinski definition) is 1. The molecule has 0 saturated carbocycles. The molecule has 0 aromatic rings. The maximum Gasteiger partial charge on any atom is 0.154 e. The first-order valence-electron chi connectivity index (χ1n) is 3.64. The lowest BCUT2D eigenvalue weighted by Gasteiger charge is -2.37. The molecular weight excluding hydrogens is 130 g/mol. The van der Waals surface area contributed by atoms with Gasteiger partial charge in [-0.25, -0.2) is 0 Å². The van der Waals surface area contributed by atoms with Gasteiger partial charge in [0.25, 0.3) is 0 Å². The van der Waals surface area contributed by atoms with E-state index in [0.717, 1.165) is 12.7 Å². The van der Waals surface area contributed by atoms with Crippen LogP contribution in [0, 0.1) is 0 Å². The van der Waals surface area contributed by atoms with Crippen molar-refractivity contribution in [2.75, 3.05) is 19.7 Å². The Bertz CT molecular complexity index is 121. The normalized spacial score (nSPS) is 21.7. The van der Waals surface area contributed by atoms with Gasteiger partial charge in [-0.15, -0.1) is 0 Å². The fraction of sp³-hybridized carbons (Fsp3) is 0.857. The van der Waals surface area contributed by atoms with Crippen LogP contribution < -0.4 is 5.32 Å². The zero-order valence-electron chi connectivity index (χ0n) is 6.22. The van der Waals surface area contributed by atoms with Crippen LogP contribution in [0.15, 0.2) is 0 Å². The molecule has 0 aromatic carbocycles. The number of hydrogen-bond acceptors (Lipinski definition) is 3. The highest BCUT2D eigenvalue weighted by Crippen LogP contribution is 2.13. The van der Waals surface area contributed by atoms with Gasteiger partial charge in [0.1, 0.15) is 5.60 Å². The first kappa shape index (κ1) is 7.69. The summed E-state index contributed by atoms with van der Waals surface area (Å²) in [6.07, 6.45) is 1.87. The van der Waals surface area contributed by atoms with Crippen molar-refractivity contribution in [2.45, 2.75) is 18.9 Å². The Labute approximate surface area is 60.7 Å². The van der Waals surface area contributed by atoms with Gasteiger partial charge in [0.15, 0.2) is 6.29 Å². The van der Waals surface area contributed by atoms with E-state index in [1.165, 1.54) is 0 Å². The molecule has 0 spiro atoms. The van der Waals surface area contributed by atoms with Gasteiger partial charge in [0.2, 0.25) is 0 Å². The van der Waals surface area contributed by atoms with E-state index >= 15 is 0 Å². The van der Waals surface area contributed by atoms with Crippen molar-refractivity contribution in [1.29, 1.82) is 0 Å². The molecular formula is C7H13NO2. The minimum absolute atomic E-state index is 0.476. The van der Waals surface area contributed by atoms with E-state index in [-0.39, 0.29) is 0 Å². The number of nitrogens with one attached hydrogen (secondary N) is 1. The quantitative estimate of drug-likeness (QED) is 0.561. The highest BCUT2D eigenvalue weighted by Gasteiger charge is 2.37. The highest BCUT2D eigenvalue weighted by atomic mass is 16.5. The summed E-state index contributed by atoms with van der Waals surface area (Å²) in [6, 6.07) is 0. The van der Waals surface area contributed by atoms with Crippen LogP contribution in [-0.4, -0.2) is 31.6 Å². The topological polar surface area (TPSA) is 38.3 Å². The molecule has 1 saturated heterocycles. The van der Waals surface area contributed by atoms with Crippen molar-refractivity contribution in [3.63, 3.8) is 0 Å². The molecule has 0 aliphatic carbocycles. The lowest BCUT2D eigenvalue weighted by molar-refractivity contribution is -0.138.